The predicted molar refractivity (Wildman–Crippen MR) is 44.9 cm³/mol. The van der Waals surface area contributed by atoms with Crippen molar-refractivity contribution in [3.63, 3.8) is 0 Å². The molecule has 0 aromatic carbocycles. The summed E-state index contributed by atoms with van der Waals surface area (Å²) in [6, 6.07) is 0. The summed E-state index contributed by atoms with van der Waals surface area (Å²) in [4.78, 5) is 0. The van der Waals surface area contributed by atoms with Crippen molar-refractivity contribution in [2.75, 3.05) is 0 Å². The van der Waals surface area contributed by atoms with Gasteiger partial charge in [0.05, 0.1) is 0 Å². The molecule has 0 bridgehead atoms. The maximum absolute atomic E-state index is 7.17. The van der Waals surface area contributed by atoms with E-state index in [-0.39, 0.29) is 67.9 Å². The summed E-state index contributed by atoms with van der Waals surface area (Å²) < 4.78 is 0. The van der Waals surface area contributed by atoms with Crippen LogP contribution in [0.2, 0.25) is 0 Å². The zero-order chi connectivity index (χ0) is 3.58. The van der Waals surface area contributed by atoms with Crippen molar-refractivity contribution in [3.05, 3.63) is 0 Å². The third kappa shape index (κ3) is 2250. The first-order chi connectivity index (χ1) is 1.73. The van der Waals surface area contributed by atoms with E-state index in [9.17, 15) is 0 Å². The van der Waals surface area contributed by atoms with Crippen molar-refractivity contribution in [2.24, 2.45) is 0 Å². The quantitative estimate of drug-likeness (QED) is 0.329. The normalized spacial score (nSPS) is 2.25. The Hall–Kier alpha value is 0.665. The van der Waals surface area contributed by atoms with Gasteiger partial charge in [0.1, 0.15) is 0 Å². The topological polar surface area (TPSA) is 281 Å². The predicted octanol–water partition coefficient (Wildman–Crippen LogP) is -8.47. The molecule has 0 fully saturated rings. The van der Waals surface area contributed by atoms with Gasteiger partial charge < -0.3 is 53.4 Å². The van der Waals surface area contributed by atoms with Crippen molar-refractivity contribution >= 4 is 36.9 Å². The van der Waals surface area contributed by atoms with Gasteiger partial charge in [-0.25, -0.2) is 0 Å². The van der Waals surface area contributed by atoms with Gasteiger partial charge in [-0.1, -0.05) is 0 Å². The van der Waals surface area contributed by atoms with Crippen LogP contribution in [0.5, 0.6) is 0 Å². The second-order valence-electron chi connectivity index (χ2n) is 0.346. The van der Waals surface area contributed by atoms with Crippen molar-refractivity contribution in [1.82, 2.24) is 0 Å². The fraction of sp³-hybridized carbons (Fsp3) is 0. The fourth-order valence-corrected chi connectivity index (χ4v) is 0. The molecule has 0 radical (unpaired) electrons. The second-order valence-corrected chi connectivity index (χ2v) is 0.346. The maximum atomic E-state index is 7.17. The molecule has 0 unspecified atom stereocenters. The molecule has 0 amide bonds. The Labute approximate surface area is 90.5 Å². The second kappa shape index (κ2) is 98.8. The van der Waals surface area contributed by atoms with Crippen LogP contribution in [0, 0.1) is 0 Å². The van der Waals surface area contributed by atoms with Crippen LogP contribution in [0.3, 0.4) is 0 Å². The standard InChI is InChI=1S/BH3O3.Na.7H2O.H/c2-1(3)4;;;;;;;;;/h2-4H;;7*1H2;. The SMILES string of the molecule is O.O.O.O.O.O.O.OB(O)O.[NaH]. The molecular weight excluding hydrogens is 194 g/mol. The van der Waals surface area contributed by atoms with Crippen molar-refractivity contribution in [2.45, 2.75) is 0 Å². The zero-order valence-corrected chi connectivity index (χ0v) is 5.42. The Balaban J connectivity index is -0.00000000161. The van der Waals surface area contributed by atoms with Gasteiger partial charge in [0.15, 0.2) is 0 Å². The molecular formula is H18BNaO10. The first kappa shape index (κ1) is 128. The summed E-state index contributed by atoms with van der Waals surface area (Å²) in [5.41, 5.74) is 0. The van der Waals surface area contributed by atoms with E-state index in [2.05, 4.69) is 0 Å². The van der Waals surface area contributed by atoms with E-state index in [1.165, 1.54) is 0 Å². The van der Waals surface area contributed by atoms with E-state index in [0.29, 0.717) is 0 Å². The van der Waals surface area contributed by atoms with Crippen LogP contribution < -0.4 is 0 Å². The molecule has 0 aromatic heterocycles. The van der Waals surface area contributed by atoms with Crippen LogP contribution >= 0.6 is 0 Å². The van der Waals surface area contributed by atoms with Crippen LogP contribution in [0.4, 0.5) is 0 Å². The van der Waals surface area contributed by atoms with Crippen molar-refractivity contribution < 1.29 is 53.4 Å². The third-order valence-electron chi connectivity index (χ3n) is 0. The first-order valence-corrected chi connectivity index (χ1v) is 0.775. The molecule has 0 aliphatic carbocycles. The summed E-state index contributed by atoms with van der Waals surface area (Å²) in [6.45, 7) is 0. The average Bonchev–Trinajstić information content (AvgIpc) is 0.811. The van der Waals surface area contributed by atoms with Gasteiger partial charge >= 0.3 is 36.9 Å². The number of hydrogen-bond donors (Lipinski definition) is 3. The Morgan fingerprint density at radius 3 is 0.500 bits per heavy atom. The number of rotatable bonds is 0. The van der Waals surface area contributed by atoms with E-state index in [0.717, 1.165) is 0 Å². The summed E-state index contributed by atoms with van der Waals surface area (Å²) in [5, 5.41) is 21.5. The molecule has 0 heterocycles. The molecule has 82 valence electrons. The summed E-state index contributed by atoms with van der Waals surface area (Å²) in [5.74, 6) is 0. The minimum atomic E-state index is -2.17. The Morgan fingerprint density at radius 1 is 0.500 bits per heavy atom. The molecule has 12 heavy (non-hydrogen) atoms. The van der Waals surface area contributed by atoms with Gasteiger partial charge in [-0.05, 0) is 0 Å². The molecule has 10 nitrogen and oxygen atoms in total. The van der Waals surface area contributed by atoms with Gasteiger partial charge in [-0.15, -0.1) is 0 Å². The average molecular weight is 212 g/mol. The molecule has 0 aromatic rings. The van der Waals surface area contributed by atoms with Crippen molar-refractivity contribution in [1.29, 1.82) is 0 Å². The van der Waals surface area contributed by atoms with Crippen LogP contribution in [0.15, 0.2) is 0 Å². The molecule has 0 aliphatic heterocycles. The van der Waals surface area contributed by atoms with Gasteiger partial charge in [-0.3, -0.25) is 0 Å². The summed E-state index contributed by atoms with van der Waals surface area (Å²) >= 11 is 0. The monoisotopic (exact) mass is 212 g/mol. The van der Waals surface area contributed by atoms with Gasteiger partial charge in [0, 0.05) is 0 Å². The van der Waals surface area contributed by atoms with Gasteiger partial charge in [0.2, 0.25) is 0 Å². The van der Waals surface area contributed by atoms with E-state index in [1.807, 2.05) is 0 Å². The van der Waals surface area contributed by atoms with E-state index in [1.54, 1.807) is 0 Å². The van der Waals surface area contributed by atoms with Crippen LogP contribution in [0.1, 0.15) is 0 Å². The Morgan fingerprint density at radius 2 is 0.500 bits per heavy atom. The first-order valence-electron chi connectivity index (χ1n) is 0.775. The summed E-state index contributed by atoms with van der Waals surface area (Å²) in [6.07, 6.45) is 0. The van der Waals surface area contributed by atoms with Crippen LogP contribution in [0.25, 0.3) is 0 Å². The Bertz CT molecular complexity index is 14.6. The Kier molecular flexibility index (Phi) is 1060. The summed E-state index contributed by atoms with van der Waals surface area (Å²) in [7, 11) is -2.17. The van der Waals surface area contributed by atoms with E-state index < -0.39 is 7.32 Å². The molecule has 0 atom stereocenters. The minimum absolute atomic E-state index is 0. The molecule has 12 heteroatoms. The molecule has 0 rings (SSSR count). The van der Waals surface area contributed by atoms with Crippen molar-refractivity contribution in [3.8, 4) is 0 Å². The zero-order valence-electron chi connectivity index (χ0n) is 5.42. The van der Waals surface area contributed by atoms with E-state index in [4.69, 9.17) is 15.1 Å². The van der Waals surface area contributed by atoms with Crippen LogP contribution in [-0.2, 0) is 0 Å². The third-order valence-corrected chi connectivity index (χ3v) is 0. The van der Waals surface area contributed by atoms with E-state index >= 15 is 0 Å². The number of hydrogen-bond acceptors (Lipinski definition) is 3. The molecule has 0 saturated heterocycles. The molecule has 0 spiro atoms. The molecule has 17 N–H and O–H groups in total. The fourth-order valence-electron chi connectivity index (χ4n) is 0. The van der Waals surface area contributed by atoms with Crippen LogP contribution in [-0.4, -0.2) is 90.3 Å². The molecule has 0 saturated carbocycles. The molecule has 0 aliphatic rings. The van der Waals surface area contributed by atoms with Gasteiger partial charge in [0.25, 0.3) is 0 Å². The van der Waals surface area contributed by atoms with Gasteiger partial charge in [-0.2, -0.15) is 0 Å².